The molecule has 0 aromatic heterocycles. The molecule has 106 valence electrons. The van der Waals surface area contributed by atoms with Gasteiger partial charge in [0.2, 0.25) is 0 Å². The SMILES string of the molecule is Cc1cc(F)ccc1NCC1CN(C(C)C)CCO1. The van der Waals surface area contributed by atoms with Crippen molar-refractivity contribution in [2.45, 2.75) is 32.9 Å². The van der Waals surface area contributed by atoms with E-state index in [1.165, 1.54) is 6.07 Å². The zero-order chi connectivity index (χ0) is 13.8. The zero-order valence-corrected chi connectivity index (χ0v) is 11.9. The van der Waals surface area contributed by atoms with E-state index in [-0.39, 0.29) is 11.9 Å². The zero-order valence-electron chi connectivity index (χ0n) is 11.9. The van der Waals surface area contributed by atoms with E-state index in [1.54, 1.807) is 12.1 Å². The summed E-state index contributed by atoms with van der Waals surface area (Å²) >= 11 is 0. The van der Waals surface area contributed by atoms with Crippen molar-refractivity contribution < 1.29 is 9.13 Å². The lowest BCUT2D eigenvalue weighted by Gasteiger charge is -2.35. The lowest BCUT2D eigenvalue weighted by Crippen LogP contribution is -2.48. The minimum atomic E-state index is -0.192. The third kappa shape index (κ3) is 3.91. The minimum absolute atomic E-state index is 0.192. The first-order chi connectivity index (χ1) is 9.06. The largest absolute Gasteiger partial charge is 0.382 e. The van der Waals surface area contributed by atoms with Crippen LogP contribution in [0.5, 0.6) is 0 Å². The predicted octanol–water partition coefficient (Wildman–Crippen LogP) is 2.66. The number of aryl methyl sites for hydroxylation is 1. The van der Waals surface area contributed by atoms with Crippen molar-refractivity contribution in [1.29, 1.82) is 0 Å². The first kappa shape index (κ1) is 14.3. The standard InChI is InChI=1S/C15H23FN2O/c1-11(2)18-6-7-19-14(10-18)9-17-15-5-4-13(16)8-12(15)3/h4-5,8,11,14,17H,6-7,9-10H2,1-3H3. The smallest absolute Gasteiger partial charge is 0.123 e. The molecule has 1 heterocycles. The average Bonchev–Trinajstić information content (AvgIpc) is 2.38. The van der Waals surface area contributed by atoms with E-state index in [2.05, 4.69) is 24.1 Å². The van der Waals surface area contributed by atoms with E-state index < -0.39 is 0 Å². The van der Waals surface area contributed by atoms with Gasteiger partial charge in [0.15, 0.2) is 0 Å². The van der Waals surface area contributed by atoms with Gasteiger partial charge >= 0.3 is 0 Å². The molecule has 0 bridgehead atoms. The lowest BCUT2D eigenvalue weighted by atomic mass is 10.1. The highest BCUT2D eigenvalue weighted by Crippen LogP contribution is 2.16. The summed E-state index contributed by atoms with van der Waals surface area (Å²) in [6, 6.07) is 5.37. The molecule has 0 amide bonds. The van der Waals surface area contributed by atoms with Gasteiger partial charge in [0.1, 0.15) is 5.82 Å². The Morgan fingerprint density at radius 2 is 2.26 bits per heavy atom. The van der Waals surface area contributed by atoms with Crippen molar-refractivity contribution in [3.63, 3.8) is 0 Å². The number of nitrogens with one attached hydrogen (secondary N) is 1. The summed E-state index contributed by atoms with van der Waals surface area (Å²) < 4.78 is 18.8. The second-order valence-electron chi connectivity index (χ2n) is 5.42. The lowest BCUT2D eigenvalue weighted by molar-refractivity contribution is -0.0315. The van der Waals surface area contributed by atoms with Gasteiger partial charge in [-0.2, -0.15) is 0 Å². The molecule has 4 heteroatoms. The monoisotopic (exact) mass is 266 g/mol. The molecule has 0 aliphatic carbocycles. The molecule has 1 N–H and O–H groups in total. The molecule has 1 unspecified atom stereocenters. The van der Waals surface area contributed by atoms with Crippen molar-refractivity contribution in [2.24, 2.45) is 0 Å². The highest BCUT2D eigenvalue weighted by molar-refractivity contribution is 5.50. The van der Waals surface area contributed by atoms with Gasteiger partial charge < -0.3 is 10.1 Å². The Morgan fingerprint density at radius 1 is 1.47 bits per heavy atom. The molecule has 2 rings (SSSR count). The Labute approximate surface area is 114 Å². The molecule has 1 atom stereocenters. The van der Waals surface area contributed by atoms with E-state index in [0.29, 0.717) is 6.04 Å². The van der Waals surface area contributed by atoms with Crippen LogP contribution in [0.3, 0.4) is 0 Å². The van der Waals surface area contributed by atoms with Crippen LogP contribution in [0.4, 0.5) is 10.1 Å². The van der Waals surface area contributed by atoms with Crippen molar-refractivity contribution in [2.75, 3.05) is 31.6 Å². The number of rotatable bonds is 4. The molecule has 0 spiro atoms. The Bertz CT molecular complexity index is 423. The van der Waals surface area contributed by atoms with Crippen LogP contribution in [0, 0.1) is 12.7 Å². The number of hydrogen-bond donors (Lipinski definition) is 1. The van der Waals surface area contributed by atoms with Crippen molar-refractivity contribution in [3.05, 3.63) is 29.6 Å². The van der Waals surface area contributed by atoms with Gasteiger partial charge in [-0.25, -0.2) is 4.39 Å². The molecule has 1 aromatic carbocycles. The summed E-state index contributed by atoms with van der Waals surface area (Å²) in [4.78, 5) is 2.42. The summed E-state index contributed by atoms with van der Waals surface area (Å²) in [5.41, 5.74) is 1.91. The number of nitrogens with zero attached hydrogens (tertiary/aromatic N) is 1. The number of benzene rings is 1. The molecule has 1 saturated heterocycles. The maximum Gasteiger partial charge on any atom is 0.123 e. The van der Waals surface area contributed by atoms with Gasteiger partial charge in [0.25, 0.3) is 0 Å². The van der Waals surface area contributed by atoms with Crippen LogP contribution in [0.2, 0.25) is 0 Å². The first-order valence-electron chi connectivity index (χ1n) is 6.92. The highest BCUT2D eigenvalue weighted by Gasteiger charge is 2.21. The average molecular weight is 266 g/mol. The van der Waals surface area contributed by atoms with Crippen LogP contribution in [0.1, 0.15) is 19.4 Å². The van der Waals surface area contributed by atoms with Gasteiger partial charge in [-0.05, 0) is 44.5 Å². The van der Waals surface area contributed by atoms with Gasteiger partial charge in [0, 0.05) is 31.4 Å². The molecular weight excluding hydrogens is 243 g/mol. The number of anilines is 1. The summed E-state index contributed by atoms with van der Waals surface area (Å²) in [5.74, 6) is -0.192. The molecule has 1 aliphatic heterocycles. The van der Waals surface area contributed by atoms with Gasteiger partial charge in [-0.15, -0.1) is 0 Å². The topological polar surface area (TPSA) is 24.5 Å². The number of hydrogen-bond acceptors (Lipinski definition) is 3. The Morgan fingerprint density at radius 3 is 2.95 bits per heavy atom. The molecular formula is C15H23FN2O. The van der Waals surface area contributed by atoms with Crippen LogP contribution in [0.25, 0.3) is 0 Å². The van der Waals surface area contributed by atoms with Crippen molar-refractivity contribution in [1.82, 2.24) is 4.90 Å². The fourth-order valence-corrected chi connectivity index (χ4v) is 2.38. The van der Waals surface area contributed by atoms with Crippen molar-refractivity contribution >= 4 is 5.69 Å². The number of ether oxygens (including phenoxy) is 1. The third-order valence-electron chi connectivity index (χ3n) is 3.61. The summed E-state index contributed by atoms with van der Waals surface area (Å²) in [6.45, 7) is 9.82. The van der Waals surface area contributed by atoms with Gasteiger partial charge in [-0.3, -0.25) is 4.90 Å². The Hall–Kier alpha value is -1.13. The molecule has 3 nitrogen and oxygen atoms in total. The van der Waals surface area contributed by atoms with Gasteiger partial charge in [0.05, 0.1) is 12.7 Å². The van der Waals surface area contributed by atoms with E-state index >= 15 is 0 Å². The number of morpholine rings is 1. The molecule has 1 aromatic rings. The Kier molecular flexibility index (Phi) is 4.77. The second-order valence-corrected chi connectivity index (χ2v) is 5.42. The Balaban J connectivity index is 1.88. The van der Waals surface area contributed by atoms with Crippen LogP contribution in [0.15, 0.2) is 18.2 Å². The molecule has 1 aliphatic rings. The normalized spacial score (nSPS) is 20.8. The van der Waals surface area contributed by atoms with E-state index in [1.807, 2.05) is 6.92 Å². The minimum Gasteiger partial charge on any atom is -0.382 e. The third-order valence-corrected chi connectivity index (χ3v) is 3.61. The van der Waals surface area contributed by atoms with Crippen molar-refractivity contribution in [3.8, 4) is 0 Å². The molecule has 0 saturated carbocycles. The summed E-state index contributed by atoms with van der Waals surface area (Å²) in [5, 5.41) is 3.35. The molecule has 1 fully saturated rings. The van der Waals surface area contributed by atoms with Crippen LogP contribution >= 0.6 is 0 Å². The fraction of sp³-hybridized carbons (Fsp3) is 0.600. The van der Waals surface area contributed by atoms with Gasteiger partial charge in [-0.1, -0.05) is 0 Å². The van der Waals surface area contributed by atoms with E-state index in [0.717, 1.165) is 37.5 Å². The van der Waals surface area contributed by atoms with Crippen LogP contribution < -0.4 is 5.32 Å². The number of halogens is 1. The summed E-state index contributed by atoms with van der Waals surface area (Å²) in [6.07, 6.45) is 0.195. The van der Waals surface area contributed by atoms with Crippen LogP contribution in [-0.4, -0.2) is 43.3 Å². The van der Waals surface area contributed by atoms with E-state index in [4.69, 9.17) is 4.74 Å². The summed E-state index contributed by atoms with van der Waals surface area (Å²) in [7, 11) is 0. The second kappa shape index (κ2) is 6.35. The quantitative estimate of drug-likeness (QED) is 0.906. The predicted molar refractivity (Wildman–Crippen MR) is 76.1 cm³/mol. The van der Waals surface area contributed by atoms with Crippen LogP contribution in [-0.2, 0) is 4.74 Å². The maximum atomic E-state index is 13.0. The molecule has 19 heavy (non-hydrogen) atoms. The maximum absolute atomic E-state index is 13.0. The first-order valence-corrected chi connectivity index (χ1v) is 6.92. The fourth-order valence-electron chi connectivity index (χ4n) is 2.38. The molecule has 0 radical (unpaired) electrons. The van der Waals surface area contributed by atoms with E-state index in [9.17, 15) is 4.39 Å². The highest BCUT2D eigenvalue weighted by atomic mass is 19.1.